The number of hydrogen-bond donors (Lipinski definition) is 4. The maximum atomic E-state index is 13.4. The molecule has 584 valence electrons. The smallest absolute Gasteiger partial charge is 0.292 e. The van der Waals surface area contributed by atoms with Gasteiger partial charge in [-0.15, -0.1) is 0 Å². The van der Waals surface area contributed by atoms with Gasteiger partial charge in [-0.25, -0.2) is 0 Å². The van der Waals surface area contributed by atoms with Crippen LogP contribution in [0.3, 0.4) is 0 Å². The predicted octanol–water partition coefficient (Wildman–Crippen LogP) is 14.2. The van der Waals surface area contributed by atoms with Gasteiger partial charge in [-0.05, 0) is 204 Å². The van der Waals surface area contributed by atoms with E-state index in [2.05, 4.69) is 73.2 Å². The van der Waals surface area contributed by atoms with Crippen molar-refractivity contribution in [2.24, 2.45) is 0 Å². The molecule has 0 saturated heterocycles. The van der Waals surface area contributed by atoms with E-state index in [1.54, 1.807) is 132 Å². The number of Topliss-reactive ketones (excluding diaryl/α,β-unsaturated/α-hetero) is 4. The van der Waals surface area contributed by atoms with Crippen LogP contribution in [-0.4, -0.2) is 96.1 Å². The molecule has 4 heterocycles. The molecular weight excluding hydrogens is 1430 g/mol. The average molecular weight is 1530 g/mol. The lowest BCUT2D eigenvalue weighted by atomic mass is 9.78. The second kappa shape index (κ2) is 30.6. The van der Waals surface area contributed by atoms with Gasteiger partial charge < -0.3 is 78.1 Å². The zero-order valence-corrected chi connectivity index (χ0v) is 65.7. The Hall–Kier alpha value is -12.1. The van der Waals surface area contributed by atoms with E-state index in [0.717, 1.165) is 0 Å². The lowest BCUT2D eigenvalue weighted by Crippen LogP contribution is -2.44. The Morgan fingerprint density at radius 2 is 0.429 bits per heavy atom. The molecule has 112 heavy (non-hydrogen) atoms. The fourth-order valence-electron chi connectivity index (χ4n) is 14.3. The summed E-state index contributed by atoms with van der Waals surface area (Å²) in [5, 5.41) is 10.9. The van der Waals surface area contributed by atoms with Crippen molar-refractivity contribution in [1.29, 1.82) is 0 Å². The van der Waals surface area contributed by atoms with Gasteiger partial charge in [0.25, 0.3) is 23.6 Å². The number of rotatable bonds is 20. The molecular formula is C88H92N4O20. The second-order valence-corrected chi connectivity index (χ2v) is 32.7. The molecule has 0 saturated carbocycles. The number of nitrogens with one attached hydrogen (secondary N) is 4. The first kappa shape index (κ1) is 78.1. The molecule has 0 radical (unpaired) electrons. The van der Waals surface area contributed by atoms with Crippen molar-refractivity contribution < 1.29 is 95.2 Å². The van der Waals surface area contributed by atoms with Gasteiger partial charge in [-0.1, -0.05) is 27.7 Å². The lowest BCUT2D eigenvalue weighted by Gasteiger charge is -2.36. The summed E-state index contributed by atoms with van der Waals surface area (Å²) in [6, 6.07) is 33.5. The Balaban J connectivity index is 0.995. The molecule has 8 aromatic rings. The van der Waals surface area contributed by atoms with E-state index in [1.165, 1.54) is 48.5 Å². The van der Waals surface area contributed by atoms with Crippen LogP contribution in [0.4, 0.5) is 0 Å². The number of carbonyl (C=O) groups excluding carboxylic acids is 8. The summed E-state index contributed by atoms with van der Waals surface area (Å²) in [4.78, 5) is 106. The first-order valence-corrected chi connectivity index (χ1v) is 37.2. The second-order valence-electron chi connectivity index (χ2n) is 32.7. The minimum Gasteiger partial charge on any atom is -0.489 e. The number of carbonyl (C=O) groups is 8. The van der Waals surface area contributed by atoms with Crippen LogP contribution in [0.25, 0.3) is 0 Å². The monoisotopic (exact) mass is 1520 g/mol. The van der Waals surface area contributed by atoms with Gasteiger partial charge in [0.2, 0.25) is 50.3 Å². The summed E-state index contributed by atoms with van der Waals surface area (Å²) < 4.78 is 82.3. The molecule has 4 amide bonds. The third-order valence-corrected chi connectivity index (χ3v) is 19.7. The van der Waals surface area contributed by atoms with Crippen LogP contribution in [0.1, 0.15) is 243 Å². The molecule has 0 unspecified atom stereocenters. The SMILES string of the molecule is CC1c2cc3c4c(COc5ccc(C(=O)C(=O)NC(C)(C)C)cc5)c2OCOc2c1cc1c(c2COc2ccc(C(=O)C(=O)NC(C)(C)C)cc2)OCOc2c(cc5c(c2COc2ccc(C(=O)C(=O)NC(C)(C)C)cc2)OCOc2c(cc(c(c2COc2ccc(C(=O)C(=O)NC(C)(C)C)cc2)OCO4)C3C)C5C)C1C. The van der Waals surface area contributed by atoms with Crippen LogP contribution in [0, 0.1) is 0 Å². The van der Waals surface area contributed by atoms with Crippen LogP contribution in [0.5, 0.6) is 69.0 Å². The third-order valence-electron chi connectivity index (χ3n) is 19.7. The van der Waals surface area contributed by atoms with Crippen LogP contribution in [-0.2, 0) is 45.6 Å². The molecule has 1 aliphatic carbocycles. The molecule has 24 heteroatoms. The van der Waals surface area contributed by atoms with Crippen molar-refractivity contribution in [1.82, 2.24) is 21.3 Å². The Labute approximate surface area is 649 Å². The lowest BCUT2D eigenvalue weighted by molar-refractivity contribution is -0.119. The molecule has 24 nitrogen and oxygen atoms in total. The van der Waals surface area contributed by atoms with Crippen LogP contribution >= 0.6 is 0 Å². The molecule has 0 spiro atoms. The number of ketones is 4. The summed E-state index contributed by atoms with van der Waals surface area (Å²) in [5.41, 5.74) is 5.69. The van der Waals surface area contributed by atoms with Gasteiger partial charge in [-0.3, -0.25) is 38.4 Å². The van der Waals surface area contributed by atoms with Gasteiger partial charge in [0.1, 0.15) is 95.4 Å². The molecule has 0 atom stereocenters. The highest BCUT2D eigenvalue weighted by Gasteiger charge is 2.41. The van der Waals surface area contributed by atoms with E-state index >= 15 is 0 Å². The zero-order chi connectivity index (χ0) is 80.2. The van der Waals surface area contributed by atoms with Gasteiger partial charge in [0.15, 0.2) is 0 Å². The van der Waals surface area contributed by atoms with Gasteiger partial charge in [0.05, 0.1) is 22.3 Å². The Kier molecular flexibility index (Phi) is 21.4. The summed E-state index contributed by atoms with van der Waals surface area (Å²) in [6.45, 7) is 27.6. The number of hydrogen-bond acceptors (Lipinski definition) is 20. The average Bonchev–Trinajstić information content (AvgIpc) is 0.725. The standard InChI is InChI=1S/C88H92N4O20/c1-45-57-33-59-46(2)61-35-63-48(4)64-36-62-47(3)60-34-58(45)74-66(38-102-54-27-19-50(20-28-54)70(94)82(98)90-86(8,9)10)76(60)108-43-110-78(62)68(40-104-56-31-23-52(24-32-56)72(96)84(100)92-88(14,15)16)80(64)112-44-111-79(63)67(39-103-55-29-21-51(22-30-55)71(95)83(99)91-87(11,12)13)77(61)109-42-107-75(59)65(73(57)105-41-106-74)37-101-53-25-17-49(18-26-53)69(93)81(97)89-85(5,6)7/h17-36,45-48H,37-44H2,1-16H3,(H,89,97)(H,90,98)(H,91,99)(H,92,100). The van der Waals surface area contributed by atoms with E-state index in [-0.39, 0.29) is 75.9 Å². The van der Waals surface area contributed by atoms with E-state index in [1.807, 2.05) is 0 Å². The maximum absolute atomic E-state index is 13.4. The molecule has 4 aliphatic heterocycles. The highest BCUT2D eigenvalue weighted by molar-refractivity contribution is 6.44. The Morgan fingerprint density at radius 1 is 0.277 bits per heavy atom. The van der Waals surface area contributed by atoms with Crippen LogP contribution in [0.15, 0.2) is 121 Å². The topological polar surface area (TPSA) is 295 Å². The first-order chi connectivity index (χ1) is 53.0. The van der Waals surface area contributed by atoms with Gasteiger partial charge >= 0.3 is 0 Å². The zero-order valence-electron chi connectivity index (χ0n) is 65.7. The summed E-state index contributed by atoms with van der Waals surface area (Å²) >= 11 is 0. The van der Waals surface area contributed by atoms with Crippen molar-refractivity contribution in [2.45, 2.75) is 183 Å². The van der Waals surface area contributed by atoms with Crippen molar-refractivity contribution in [2.75, 3.05) is 27.2 Å². The van der Waals surface area contributed by atoms with Crippen molar-refractivity contribution >= 4 is 46.8 Å². The number of benzene rings is 8. The van der Waals surface area contributed by atoms with Gasteiger partial charge in [-0.2, -0.15) is 0 Å². The molecule has 5 aliphatic rings. The number of ether oxygens (including phenoxy) is 12. The minimum atomic E-state index is -0.748. The summed E-state index contributed by atoms with van der Waals surface area (Å²) in [5.74, 6) is -3.66. The molecule has 8 bridgehead atoms. The van der Waals surface area contributed by atoms with E-state index in [0.29, 0.717) is 136 Å². The van der Waals surface area contributed by atoms with Crippen LogP contribution in [0.2, 0.25) is 0 Å². The molecule has 4 N–H and O–H groups in total. The van der Waals surface area contributed by atoms with Crippen molar-refractivity contribution in [3.63, 3.8) is 0 Å². The number of amides is 4. The molecule has 0 aromatic heterocycles. The highest BCUT2D eigenvalue weighted by atomic mass is 16.7. The maximum Gasteiger partial charge on any atom is 0.292 e. The normalized spacial score (nSPS) is 16.4. The Bertz CT molecular complexity index is 4340. The van der Waals surface area contributed by atoms with Gasteiger partial charge in [0, 0.05) is 113 Å². The largest absolute Gasteiger partial charge is 0.489 e. The van der Waals surface area contributed by atoms with Crippen LogP contribution < -0.4 is 78.1 Å². The Morgan fingerprint density at radius 3 is 0.571 bits per heavy atom. The molecule has 13 rings (SSSR count). The summed E-state index contributed by atoms with van der Waals surface area (Å²) in [6.07, 6.45) is 0. The van der Waals surface area contributed by atoms with E-state index < -0.39 is 92.6 Å². The fraction of sp³-hybridized carbons (Fsp3) is 0.364. The van der Waals surface area contributed by atoms with E-state index in [9.17, 15) is 38.4 Å². The predicted molar refractivity (Wildman–Crippen MR) is 412 cm³/mol. The summed E-state index contributed by atoms with van der Waals surface area (Å²) in [7, 11) is 0. The van der Waals surface area contributed by atoms with E-state index in [4.69, 9.17) is 56.8 Å². The third kappa shape index (κ3) is 16.5. The van der Waals surface area contributed by atoms with Crippen molar-refractivity contribution in [3.8, 4) is 69.0 Å². The quantitative estimate of drug-likeness (QED) is 0.0407. The molecule has 0 fully saturated rings. The minimum absolute atomic E-state index is 0.157. The fourth-order valence-corrected chi connectivity index (χ4v) is 14.3. The first-order valence-electron chi connectivity index (χ1n) is 37.2. The van der Waals surface area contributed by atoms with Crippen molar-refractivity contribution in [3.05, 3.63) is 210 Å². The highest BCUT2D eigenvalue weighted by Crippen LogP contribution is 2.57. The molecule has 8 aromatic carbocycles.